The highest BCUT2D eigenvalue weighted by Crippen LogP contribution is 2.27. The first-order valence-electron chi connectivity index (χ1n) is 7.75. The van der Waals surface area contributed by atoms with Gasteiger partial charge in [-0.2, -0.15) is 0 Å². The summed E-state index contributed by atoms with van der Waals surface area (Å²) in [5, 5.41) is 8.52. The minimum absolute atomic E-state index is 0.0277. The molecular weight excluding hydrogens is 282 g/mol. The van der Waals surface area contributed by atoms with Crippen molar-refractivity contribution in [3.63, 3.8) is 0 Å². The van der Waals surface area contributed by atoms with Crippen molar-refractivity contribution in [2.24, 2.45) is 0 Å². The number of pyridine rings is 1. The number of urea groups is 2. The van der Waals surface area contributed by atoms with E-state index in [0.717, 1.165) is 25.0 Å². The number of amides is 4. The minimum atomic E-state index is -0.205. The van der Waals surface area contributed by atoms with Crippen molar-refractivity contribution in [2.75, 3.05) is 26.2 Å². The van der Waals surface area contributed by atoms with Crippen LogP contribution in [0.25, 0.3) is 0 Å². The van der Waals surface area contributed by atoms with Crippen LogP contribution in [0.1, 0.15) is 30.1 Å². The van der Waals surface area contributed by atoms with Crippen molar-refractivity contribution in [3.8, 4) is 0 Å². The summed E-state index contributed by atoms with van der Waals surface area (Å²) < 4.78 is 0. The molecule has 7 heteroatoms. The highest BCUT2D eigenvalue weighted by Gasteiger charge is 2.23. The van der Waals surface area contributed by atoms with Gasteiger partial charge >= 0.3 is 12.1 Å². The molecule has 0 unspecified atom stereocenters. The number of fused-ring (bicyclic) bond motifs is 1. The Morgan fingerprint density at radius 2 is 2.41 bits per heavy atom. The van der Waals surface area contributed by atoms with Crippen LogP contribution in [-0.4, -0.2) is 48.1 Å². The van der Waals surface area contributed by atoms with Gasteiger partial charge in [0.05, 0.1) is 11.7 Å². The Kier molecular flexibility index (Phi) is 4.41. The fourth-order valence-electron chi connectivity index (χ4n) is 2.99. The predicted octanol–water partition coefficient (Wildman–Crippen LogP) is 0.783. The van der Waals surface area contributed by atoms with E-state index in [0.29, 0.717) is 26.2 Å². The second-order valence-corrected chi connectivity index (χ2v) is 5.61. The molecule has 0 radical (unpaired) electrons. The lowest BCUT2D eigenvalue weighted by Gasteiger charge is -2.25. The molecule has 1 atom stereocenters. The third kappa shape index (κ3) is 3.29. The second-order valence-electron chi connectivity index (χ2n) is 5.61. The largest absolute Gasteiger partial charge is 0.336 e. The van der Waals surface area contributed by atoms with Gasteiger partial charge in [-0.15, -0.1) is 0 Å². The number of aromatic nitrogens is 1. The van der Waals surface area contributed by atoms with Gasteiger partial charge in [0.2, 0.25) is 0 Å². The molecule has 1 aliphatic heterocycles. The van der Waals surface area contributed by atoms with Crippen LogP contribution in [0.15, 0.2) is 18.3 Å². The van der Waals surface area contributed by atoms with Crippen molar-refractivity contribution in [3.05, 3.63) is 29.6 Å². The van der Waals surface area contributed by atoms with E-state index in [1.807, 2.05) is 6.07 Å². The summed E-state index contributed by atoms with van der Waals surface area (Å²) >= 11 is 0. The van der Waals surface area contributed by atoms with Crippen LogP contribution in [0.2, 0.25) is 0 Å². The Labute approximate surface area is 129 Å². The number of hydrogen-bond acceptors (Lipinski definition) is 3. The molecule has 0 aromatic carbocycles. The monoisotopic (exact) mass is 303 g/mol. The summed E-state index contributed by atoms with van der Waals surface area (Å²) in [6, 6.07) is 3.71. The van der Waals surface area contributed by atoms with Crippen molar-refractivity contribution in [2.45, 2.75) is 25.3 Å². The topological polar surface area (TPSA) is 86.4 Å². The van der Waals surface area contributed by atoms with Gasteiger partial charge in [0.15, 0.2) is 0 Å². The molecule has 1 aliphatic carbocycles. The predicted molar refractivity (Wildman–Crippen MR) is 81.4 cm³/mol. The van der Waals surface area contributed by atoms with Gasteiger partial charge in [0.1, 0.15) is 0 Å². The van der Waals surface area contributed by atoms with Crippen LogP contribution >= 0.6 is 0 Å². The number of nitrogens with one attached hydrogen (secondary N) is 3. The van der Waals surface area contributed by atoms with E-state index in [2.05, 4.69) is 27.0 Å². The Morgan fingerprint density at radius 1 is 1.50 bits per heavy atom. The summed E-state index contributed by atoms with van der Waals surface area (Å²) in [6.45, 7) is 2.34. The number of nitrogens with zero attached hydrogens (tertiary/aromatic N) is 2. The van der Waals surface area contributed by atoms with E-state index in [-0.39, 0.29) is 18.1 Å². The molecule has 1 fully saturated rings. The molecule has 0 spiro atoms. The fraction of sp³-hybridized carbons (Fsp3) is 0.533. The average Bonchev–Trinajstić information content (AvgIpc) is 2.93. The van der Waals surface area contributed by atoms with Crippen molar-refractivity contribution in [1.82, 2.24) is 25.8 Å². The molecule has 118 valence electrons. The summed E-state index contributed by atoms with van der Waals surface area (Å²) in [5.41, 5.74) is 2.19. The maximum Gasteiger partial charge on any atom is 0.317 e. The first-order chi connectivity index (χ1) is 10.7. The van der Waals surface area contributed by atoms with Gasteiger partial charge in [-0.3, -0.25) is 4.98 Å². The third-order valence-electron chi connectivity index (χ3n) is 4.11. The van der Waals surface area contributed by atoms with Gasteiger partial charge in [0, 0.05) is 32.4 Å². The van der Waals surface area contributed by atoms with Crippen LogP contribution in [0.5, 0.6) is 0 Å². The van der Waals surface area contributed by atoms with Gasteiger partial charge in [-0.05, 0) is 30.9 Å². The standard InChI is InChI=1S/C15H21N5O2/c21-14(17-7-9-20-10-8-18-15(20)22)19-12-5-1-3-11-4-2-6-16-13(11)12/h2,4,6,12H,1,3,5,7-10H2,(H,18,22)(H2,17,19,21)/t12-/m1/s1. The van der Waals surface area contributed by atoms with E-state index in [1.165, 1.54) is 5.56 Å². The zero-order valence-electron chi connectivity index (χ0n) is 12.5. The molecule has 1 saturated heterocycles. The molecule has 3 N–H and O–H groups in total. The number of carbonyl (C=O) groups is 2. The Morgan fingerprint density at radius 3 is 3.23 bits per heavy atom. The molecule has 2 heterocycles. The van der Waals surface area contributed by atoms with Crippen molar-refractivity contribution in [1.29, 1.82) is 0 Å². The molecule has 1 aromatic rings. The van der Waals surface area contributed by atoms with E-state index in [4.69, 9.17) is 0 Å². The van der Waals surface area contributed by atoms with Gasteiger partial charge in [-0.1, -0.05) is 6.07 Å². The summed E-state index contributed by atoms with van der Waals surface area (Å²) in [6.07, 6.45) is 4.75. The summed E-state index contributed by atoms with van der Waals surface area (Å²) in [4.78, 5) is 29.5. The molecule has 3 rings (SSSR count). The van der Waals surface area contributed by atoms with Gasteiger partial charge in [-0.25, -0.2) is 9.59 Å². The molecule has 2 aliphatic rings. The third-order valence-corrected chi connectivity index (χ3v) is 4.11. The van der Waals surface area contributed by atoms with E-state index < -0.39 is 0 Å². The highest BCUT2D eigenvalue weighted by molar-refractivity contribution is 5.76. The lowest BCUT2D eigenvalue weighted by atomic mass is 9.92. The lowest BCUT2D eigenvalue weighted by molar-refractivity contribution is 0.215. The number of carbonyl (C=O) groups excluding carboxylic acids is 2. The van der Waals surface area contributed by atoms with Gasteiger partial charge in [0.25, 0.3) is 0 Å². The SMILES string of the molecule is O=C(NCCN1CCNC1=O)N[C@@H]1CCCc2cccnc21. The molecule has 22 heavy (non-hydrogen) atoms. The second kappa shape index (κ2) is 6.64. The van der Waals surface area contributed by atoms with Crippen LogP contribution < -0.4 is 16.0 Å². The smallest absolute Gasteiger partial charge is 0.317 e. The Balaban J connectivity index is 1.47. The zero-order chi connectivity index (χ0) is 15.4. The summed E-state index contributed by atoms with van der Waals surface area (Å²) in [7, 11) is 0. The molecule has 4 amide bonds. The van der Waals surface area contributed by atoms with Crippen LogP contribution in [0.4, 0.5) is 9.59 Å². The molecule has 7 nitrogen and oxygen atoms in total. The quantitative estimate of drug-likeness (QED) is 0.768. The number of aryl methyl sites for hydroxylation is 1. The van der Waals surface area contributed by atoms with Crippen LogP contribution in [0.3, 0.4) is 0 Å². The van der Waals surface area contributed by atoms with Gasteiger partial charge < -0.3 is 20.9 Å². The Hall–Kier alpha value is -2.31. The first-order valence-corrected chi connectivity index (χ1v) is 7.75. The molecule has 0 saturated carbocycles. The van der Waals surface area contributed by atoms with Crippen LogP contribution in [-0.2, 0) is 6.42 Å². The lowest BCUT2D eigenvalue weighted by Crippen LogP contribution is -2.43. The first kappa shape index (κ1) is 14.6. The van der Waals surface area contributed by atoms with Crippen molar-refractivity contribution < 1.29 is 9.59 Å². The highest BCUT2D eigenvalue weighted by atomic mass is 16.2. The maximum atomic E-state index is 12.0. The summed E-state index contributed by atoms with van der Waals surface area (Å²) in [5.74, 6) is 0. The fourth-order valence-corrected chi connectivity index (χ4v) is 2.99. The number of rotatable bonds is 4. The average molecular weight is 303 g/mol. The molecule has 0 bridgehead atoms. The van der Waals surface area contributed by atoms with E-state index in [1.54, 1.807) is 11.1 Å². The maximum absolute atomic E-state index is 12.0. The normalized spacial score (nSPS) is 20.3. The van der Waals surface area contributed by atoms with Crippen molar-refractivity contribution >= 4 is 12.1 Å². The molecular formula is C15H21N5O2. The Bertz CT molecular complexity index is 563. The van der Waals surface area contributed by atoms with E-state index >= 15 is 0 Å². The molecule has 1 aromatic heterocycles. The van der Waals surface area contributed by atoms with Crippen LogP contribution in [0, 0.1) is 0 Å². The minimum Gasteiger partial charge on any atom is -0.336 e. The van der Waals surface area contributed by atoms with E-state index in [9.17, 15) is 9.59 Å². The number of hydrogen-bond donors (Lipinski definition) is 3. The zero-order valence-corrected chi connectivity index (χ0v) is 12.5.